The first kappa shape index (κ1) is 17.2. The number of nitrogens with one attached hydrogen (secondary N) is 1. The zero-order valence-electron chi connectivity index (χ0n) is 12.0. The second-order valence-electron chi connectivity index (χ2n) is 4.76. The van der Waals surface area contributed by atoms with Crippen LogP contribution in [-0.4, -0.2) is 42.1 Å². The highest BCUT2D eigenvalue weighted by atomic mass is 79.9. The Hall–Kier alpha value is -1.82. The highest BCUT2D eigenvalue weighted by Crippen LogP contribution is 2.11. The number of carbonyl (C=O) groups excluding carboxylic acids is 1. The second kappa shape index (κ2) is 8.46. The van der Waals surface area contributed by atoms with Crippen molar-refractivity contribution in [3.63, 3.8) is 0 Å². The van der Waals surface area contributed by atoms with Crippen molar-refractivity contribution >= 4 is 34.0 Å². The van der Waals surface area contributed by atoms with Gasteiger partial charge in [0.1, 0.15) is 0 Å². The molecule has 0 saturated heterocycles. The molecule has 0 fully saturated rings. The third kappa shape index (κ3) is 6.44. The minimum atomic E-state index is -0.912. The first-order valence-electron chi connectivity index (χ1n) is 6.54. The van der Waals surface area contributed by atoms with Gasteiger partial charge in [-0.3, -0.25) is 4.79 Å². The van der Waals surface area contributed by atoms with Gasteiger partial charge in [-0.1, -0.05) is 47.1 Å². The number of hydrogen-bond donors (Lipinski definition) is 2. The van der Waals surface area contributed by atoms with E-state index in [2.05, 4.69) is 21.2 Å². The van der Waals surface area contributed by atoms with Crippen molar-refractivity contribution in [3.05, 3.63) is 40.4 Å². The number of halogens is 1. The minimum Gasteiger partial charge on any atom is -0.481 e. The van der Waals surface area contributed by atoms with E-state index >= 15 is 0 Å². The zero-order chi connectivity index (χ0) is 15.8. The second-order valence-corrected chi connectivity index (χ2v) is 5.68. The Morgan fingerprint density at radius 2 is 2.00 bits per heavy atom. The molecular weight excluding hydrogens is 336 g/mol. The maximum Gasteiger partial charge on any atom is 0.317 e. The first-order valence-corrected chi connectivity index (χ1v) is 7.33. The molecule has 1 aromatic carbocycles. The normalized spacial score (nSPS) is 12.1. The van der Waals surface area contributed by atoms with E-state index in [0.29, 0.717) is 6.54 Å². The molecule has 1 unspecified atom stereocenters. The van der Waals surface area contributed by atoms with Crippen LogP contribution in [0.5, 0.6) is 0 Å². The van der Waals surface area contributed by atoms with E-state index in [-0.39, 0.29) is 12.6 Å². The molecule has 5 nitrogen and oxygen atoms in total. The Bertz CT molecular complexity index is 514. The van der Waals surface area contributed by atoms with Crippen molar-refractivity contribution < 1.29 is 14.7 Å². The van der Waals surface area contributed by atoms with Crippen LogP contribution in [0, 0.1) is 5.92 Å². The number of rotatable bonds is 6. The standard InChI is InChI=1S/C15H19BrN2O3/c1-11(14(19)20)10-18(2)15(21)17-9-3-4-12-5-7-13(16)8-6-12/h3-8,11H,9-10H2,1-2H3,(H,17,21)(H,19,20)/b4-3+. The summed E-state index contributed by atoms with van der Waals surface area (Å²) in [5.41, 5.74) is 1.04. The molecule has 0 radical (unpaired) electrons. The lowest BCUT2D eigenvalue weighted by Crippen LogP contribution is -2.40. The Labute approximate surface area is 132 Å². The fourth-order valence-electron chi connectivity index (χ4n) is 1.62. The predicted molar refractivity (Wildman–Crippen MR) is 86.0 cm³/mol. The third-order valence-electron chi connectivity index (χ3n) is 2.87. The maximum atomic E-state index is 11.7. The van der Waals surface area contributed by atoms with Crippen LogP contribution in [0.3, 0.4) is 0 Å². The predicted octanol–water partition coefficient (Wildman–Crippen LogP) is 2.82. The molecule has 1 rings (SSSR count). The average Bonchev–Trinajstić information content (AvgIpc) is 2.44. The van der Waals surface area contributed by atoms with Crippen LogP contribution in [-0.2, 0) is 4.79 Å². The largest absolute Gasteiger partial charge is 0.481 e. The summed E-state index contributed by atoms with van der Waals surface area (Å²) >= 11 is 3.36. The molecule has 21 heavy (non-hydrogen) atoms. The van der Waals surface area contributed by atoms with E-state index in [1.807, 2.05) is 36.4 Å². The first-order chi connectivity index (χ1) is 9.90. The van der Waals surface area contributed by atoms with Crippen LogP contribution in [0.1, 0.15) is 12.5 Å². The molecule has 1 atom stereocenters. The molecule has 6 heteroatoms. The summed E-state index contributed by atoms with van der Waals surface area (Å²) in [5, 5.41) is 11.5. The number of urea groups is 1. The fourth-order valence-corrected chi connectivity index (χ4v) is 1.89. The van der Waals surface area contributed by atoms with Crippen LogP contribution < -0.4 is 5.32 Å². The lowest BCUT2D eigenvalue weighted by Gasteiger charge is -2.19. The number of aliphatic carboxylic acids is 1. The molecule has 0 bridgehead atoms. The number of amides is 2. The van der Waals surface area contributed by atoms with Crippen LogP contribution in [0.25, 0.3) is 6.08 Å². The highest BCUT2D eigenvalue weighted by Gasteiger charge is 2.16. The Morgan fingerprint density at radius 1 is 1.38 bits per heavy atom. The smallest absolute Gasteiger partial charge is 0.317 e. The number of carboxylic acid groups (broad SMARTS) is 1. The van der Waals surface area contributed by atoms with E-state index in [4.69, 9.17) is 5.11 Å². The van der Waals surface area contributed by atoms with Gasteiger partial charge in [0, 0.05) is 24.6 Å². The van der Waals surface area contributed by atoms with E-state index < -0.39 is 11.9 Å². The van der Waals surface area contributed by atoms with E-state index in [9.17, 15) is 9.59 Å². The van der Waals surface area contributed by atoms with E-state index in [1.165, 1.54) is 4.90 Å². The van der Waals surface area contributed by atoms with Crippen molar-refractivity contribution in [1.29, 1.82) is 0 Å². The molecule has 0 aliphatic rings. The number of benzene rings is 1. The summed E-state index contributed by atoms with van der Waals surface area (Å²) in [4.78, 5) is 23.8. The van der Waals surface area contributed by atoms with Gasteiger partial charge < -0.3 is 15.3 Å². The van der Waals surface area contributed by atoms with Gasteiger partial charge in [-0.15, -0.1) is 0 Å². The molecule has 0 saturated carbocycles. The third-order valence-corrected chi connectivity index (χ3v) is 3.40. The summed E-state index contributed by atoms with van der Waals surface area (Å²) < 4.78 is 1.02. The molecule has 114 valence electrons. The van der Waals surface area contributed by atoms with Crippen molar-refractivity contribution in [2.24, 2.45) is 5.92 Å². The van der Waals surface area contributed by atoms with Gasteiger partial charge in [-0.2, -0.15) is 0 Å². The zero-order valence-corrected chi connectivity index (χ0v) is 13.6. The minimum absolute atomic E-state index is 0.178. The summed E-state index contributed by atoms with van der Waals surface area (Å²) in [6.07, 6.45) is 3.75. The van der Waals surface area contributed by atoms with Gasteiger partial charge >= 0.3 is 12.0 Å². The molecule has 0 aromatic heterocycles. The topological polar surface area (TPSA) is 69.6 Å². The molecule has 2 amide bonds. The molecule has 0 aliphatic carbocycles. The van der Waals surface area contributed by atoms with E-state index in [1.54, 1.807) is 14.0 Å². The van der Waals surface area contributed by atoms with Gasteiger partial charge in [-0.05, 0) is 17.7 Å². The number of carbonyl (C=O) groups is 2. The van der Waals surface area contributed by atoms with Gasteiger partial charge in [-0.25, -0.2) is 4.79 Å². The molecular formula is C15H19BrN2O3. The SMILES string of the molecule is CC(CN(C)C(=O)NC/C=C/c1ccc(Br)cc1)C(=O)O. The maximum absolute atomic E-state index is 11.7. The van der Waals surface area contributed by atoms with Crippen molar-refractivity contribution in [2.75, 3.05) is 20.1 Å². The fraction of sp³-hybridized carbons (Fsp3) is 0.333. The molecule has 2 N–H and O–H groups in total. The van der Waals surface area contributed by atoms with E-state index in [0.717, 1.165) is 10.0 Å². The summed E-state index contributed by atoms with van der Waals surface area (Å²) in [6, 6.07) is 7.52. The van der Waals surface area contributed by atoms with Crippen LogP contribution in [0.15, 0.2) is 34.8 Å². The van der Waals surface area contributed by atoms with Gasteiger partial charge in [0.05, 0.1) is 5.92 Å². The lowest BCUT2D eigenvalue weighted by atomic mass is 10.2. The van der Waals surface area contributed by atoms with Crippen molar-refractivity contribution in [2.45, 2.75) is 6.92 Å². The molecule has 0 spiro atoms. The van der Waals surface area contributed by atoms with Crippen molar-refractivity contribution in [1.82, 2.24) is 10.2 Å². The van der Waals surface area contributed by atoms with Crippen LogP contribution in [0.2, 0.25) is 0 Å². The average molecular weight is 355 g/mol. The summed E-state index contributed by atoms with van der Waals surface area (Å²) in [6.45, 7) is 2.14. The van der Waals surface area contributed by atoms with Crippen LogP contribution in [0.4, 0.5) is 4.79 Å². The molecule has 0 aliphatic heterocycles. The van der Waals surface area contributed by atoms with Gasteiger partial charge in [0.25, 0.3) is 0 Å². The Morgan fingerprint density at radius 3 is 2.57 bits per heavy atom. The van der Waals surface area contributed by atoms with Gasteiger partial charge in [0.2, 0.25) is 0 Å². The van der Waals surface area contributed by atoms with Gasteiger partial charge in [0.15, 0.2) is 0 Å². The quantitative estimate of drug-likeness (QED) is 0.825. The Balaban J connectivity index is 2.35. The van der Waals surface area contributed by atoms with Crippen molar-refractivity contribution in [3.8, 4) is 0 Å². The monoisotopic (exact) mass is 354 g/mol. The summed E-state index contributed by atoms with van der Waals surface area (Å²) in [5.74, 6) is -1.50. The molecule has 1 aromatic rings. The summed E-state index contributed by atoms with van der Waals surface area (Å²) in [7, 11) is 1.58. The highest BCUT2D eigenvalue weighted by molar-refractivity contribution is 9.10. The number of hydrogen-bond acceptors (Lipinski definition) is 2. The number of carboxylic acids is 1. The molecule has 0 heterocycles. The Kier molecular flexibility index (Phi) is 6.94. The number of nitrogens with zero attached hydrogens (tertiary/aromatic N) is 1. The van der Waals surface area contributed by atoms with Crippen LogP contribution >= 0.6 is 15.9 Å². The lowest BCUT2D eigenvalue weighted by molar-refractivity contribution is -0.141.